The lowest BCUT2D eigenvalue weighted by Crippen LogP contribution is -2.51. The van der Waals surface area contributed by atoms with Crippen LogP contribution in [0.4, 0.5) is 0 Å². The Hall–Kier alpha value is -1.30. The van der Waals surface area contributed by atoms with E-state index in [-0.39, 0.29) is 31.3 Å². The van der Waals surface area contributed by atoms with Crippen molar-refractivity contribution < 1.29 is 19.4 Å². The van der Waals surface area contributed by atoms with Crippen molar-refractivity contribution in [3.63, 3.8) is 0 Å². The lowest BCUT2D eigenvalue weighted by atomic mass is 10.2. The molecule has 1 aromatic rings. The van der Waals surface area contributed by atoms with Crippen molar-refractivity contribution in [2.75, 3.05) is 26.3 Å². The molecule has 0 bridgehead atoms. The normalized spacial score (nSPS) is 22.6. The summed E-state index contributed by atoms with van der Waals surface area (Å²) in [5.74, 6) is 0.348. The first-order valence-corrected chi connectivity index (χ1v) is 6.89. The maximum absolute atomic E-state index is 12.1. The van der Waals surface area contributed by atoms with Crippen molar-refractivity contribution in [1.29, 1.82) is 0 Å². The van der Waals surface area contributed by atoms with E-state index in [9.17, 15) is 4.79 Å². The number of hydrogen-bond donors (Lipinski definition) is 1. The van der Waals surface area contributed by atoms with Crippen molar-refractivity contribution in [2.45, 2.75) is 19.1 Å². The first kappa shape index (κ1) is 15.1. The van der Waals surface area contributed by atoms with Gasteiger partial charge in [-0.15, -0.1) is 0 Å². The van der Waals surface area contributed by atoms with Gasteiger partial charge in [0.2, 0.25) is 0 Å². The number of aliphatic hydroxyl groups is 1. The van der Waals surface area contributed by atoms with Crippen LogP contribution in [-0.2, 0) is 9.53 Å². The van der Waals surface area contributed by atoms with Gasteiger partial charge in [0.25, 0.3) is 5.91 Å². The number of nitrogens with zero attached hydrogens (tertiary/aromatic N) is 1. The summed E-state index contributed by atoms with van der Waals surface area (Å²) in [5, 5.41) is 9.62. The minimum Gasteiger partial charge on any atom is -0.482 e. The van der Waals surface area contributed by atoms with Crippen LogP contribution in [0.2, 0.25) is 5.02 Å². The molecule has 6 heteroatoms. The molecule has 1 heterocycles. The van der Waals surface area contributed by atoms with Crippen LogP contribution in [0.3, 0.4) is 0 Å². The van der Waals surface area contributed by atoms with Gasteiger partial charge in [0.05, 0.1) is 23.8 Å². The van der Waals surface area contributed by atoms with Crippen LogP contribution in [0.15, 0.2) is 24.3 Å². The Balaban J connectivity index is 1.90. The summed E-state index contributed by atoms with van der Waals surface area (Å²) in [6, 6.07) is 7.02. The molecule has 0 spiro atoms. The summed E-state index contributed by atoms with van der Waals surface area (Å²) < 4.78 is 10.9. The number of amides is 1. The summed E-state index contributed by atoms with van der Waals surface area (Å²) in [6.07, 6.45) is -0.423. The van der Waals surface area contributed by atoms with Gasteiger partial charge in [-0.05, 0) is 19.1 Å². The Kier molecular flexibility index (Phi) is 5.23. The molecule has 2 unspecified atom stereocenters. The second-order valence-electron chi connectivity index (χ2n) is 4.77. The fourth-order valence-electron chi connectivity index (χ4n) is 2.14. The molecule has 20 heavy (non-hydrogen) atoms. The number of aliphatic hydroxyl groups excluding tert-OH is 1. The van der Waals surface area contributed by atoms with E-state index in [2.05, 4.69) is 0 Å². The van der Waals surface area contributed by atoms with E-state index in [1.807, 2.05) is 6.92 Å². The van der Waals surface area contributed by atoms with Crippen LogP contribution >= 0.6 is 11.6 Å². The molecule has 1 fully saturated rings. The molecule has 1 aromatic carbocycles. The number of halogens is 1. The van der Waals surface area contributed by atoms with Gasteiger partial charge in [-0.1, -0.05) is 23.7 Å². The maximum Gasteiger partial charge on any atom is 0.260 e. The van der Waals surface area contributed by atoms with Gasteiger partial charge >= 0.3 is 0 Å². The Morgan fingerprint density at radius 3 is 2.95 bits per heavy atom. The average Bonchev–Trinajstić information content (AvgIpc) is 2.45. The van der Waals surface area contributed by atoms with Crippen LogP contribution < -0.4 is 4.74 Å². The molecule has 0 aromatic heterocycles. The van der Waals surface area contributed by atoms with Gasteiger partial charge < -0.3 is 19.5 Å². The predicted octanol–water partition coefficient (Wildman–Crippen LogP) is 1.33. The molecule has 2 rings (SSSR count). The Labute approximate surface area is 123 Å². The fourth-order valence-corrected chi connectivity index (χ4v) is 2.33. The minimum absolute atomic E-state index is 0.0748. The third kappa shape index (κ3) is 3.85. The van der Waals surface area contributed by atoms with Crippen molar-refractivity contribution in [2.24, 2.45) is 0 Å². The first-order valence-electron chi connectivity index (χ1n) is 6.51. The highest BCUT2D eigenvalue weighted by Gasteiger charge is 2.28. The first-order chi connectivity index (χ1) is 9.60. The van der Waals surface area contributed by atoms with E-state index in [0.29, 0.717) is 23.9 Å². The smallest absolute Gasteiger partial charge is 0.260 e. The molecule has 1 saturated heterocycles. The fraction of sp³-hybridized carbons (Fsp3) is 0.500. The quantitative estimate of drug-likeness (QED) is 0.911. The molecule has 0 radical (unpaired) electrons. The van der Waals surface area contributed by atoms with Crippen LogP contribution in [0.1, 0.15) is 6.92 Å². The molecular weight excluding hydrogens is 282 g/mol. The van der Waals surface area contributed by atoms with E-state index < -0.39 is 0 Å². The molecule has 1 aliphatic rings. The summed E-state index contributed by atoms with van der Waals surface area (Å²) in [6.45, 7) is 2.58. The second-order valence-corrected chi connectivity index (χ2v) is 5.18. The minimum atomic E-state index is -0.331. The number of ether oxygens (including phenoxy) is 2. The van der Waals surface area contributed by atoms with Gasteiger partial charge in [-0.25, -0.2) is 0 Å². The van der Waals surface area contributed by atoms with Crippen LogP contribution in [-0.4, -0.2) is 54.4 Å². The van der Waals surface area contributed by atoms with Gasteiger partial charge in [-0.2, -0.15) is 0 Å². The molecule has 1 N–H and O–H groups in total. The SMILES string of the molecule is CC1CN(C(=O)COc2ccccc2Cl)CC(CO)O1. The van der Waals surface area contributed by atoms with Crippen LogP contribution in [0.25, 0.3) is 0 Å². The zero-order valence-corrected chi connectivity index (χ0v) is 12.0. The zero-order chi connectivity index (χ0) is 14.5. The third-order valence-corrected chi connectivity index (χ3v) is 3.38. The van der Waals surface area contributed by atoms with E-state index >= 15 is 0 Å². The van der Waals surface area contributed by atoms with Crippen molar-refractivity contribution in [3.05, 3.63) is 29.3 Å². The standard InChI is InChI=1S/C14H18ClNO4/c1-10-6-16(7-11(8-17)20-10)14(18)9-19-13-5-3-2-4-12(13)15/h2-5,10-11,17H,6-9H2,1H3. The van der Waals surface area contributed by atoms with Gasteiger partial charge in [0, 0.05) is 13.1 Å². The number of para-hydroxylation sites is 1. The lowest BCUT2D eigenvalue weighted by molar-refractivity contribution is -0.149. The Morgan fingerprint density at radius 2 is 2.25 bits per heavy atom. The maximum atomic E-state index is 12.1. The summed E-state index contributed by atoms with van der Waals surface area (Å²) >= 11 is 5.96. The number of carbonyl (C=O) groups excluding carboxylic acids is 1. The zero-order valence-electron chi connectivity index (χ0n) is 11.3. The molecular formula is C14H18ClNO4. The summed E-state index contributed by atoms with van der Waals surface area (Å²) in [7, 11) is 0. The highest BCUT2D eigenvalue weighted by Crippen LogP contribution is 2.23. The van der Waals surface area contributed by atoms with Gasteiger partial charge in [-0.3, -0.25) is 4.79 Å². The number of carbonyl (C=O) groups is 1. The van der Waals surface area contributed by atoms with E-state index in [1.165, 1.54) is 0 Å². The van der Waals surface area contributed by atoms with Crippen molar-refractivity contribution in [1.82, 2.24) is 4.90 Å². The van der Waals surface area contributed by atoms with Gasteiger partial charge in [0.1, 0.15) is 5.75 Å². The number of benzene rings is 1. The molecule has 0 aliphatic carbocycles. The molecule has 2 atom stereocenters. The van der Waals surface area contributed by atoms with E-state index in [4.69, 9.17) is 26.2 Å². The highest BCUT2D eigenvalue weighted by atomic mass is 35.5. The topological polar surface area (TPSA) is 59.0 Å². The highest BCUT2D eigenvalue weighted by molar-refractivity contribution is 6.32. The monoisotopic (exact) mass is 299 g/mol. The molecule has 110 valence electrons. The van der Waals surface area contributed by atoms with Crippen molar-refractivity contribution in [3.8, 4) is 5.75 Å². The van der Waals surface area contributed by atoms with Crippen LogP contribution in [0, 0.1) is 0 Å². The Morgan fingerprint density at radius 1 is 1.50 bits per heavy atom. The van der Waals surface area contributed by atoms with E-state index in [1.54, 1.807) is 29.2 Å². The number of morpholine rings is 1. The lowest BCUT2D eigenvalue weighted by Gasteiger charge is -2.36. The largest absolute Gasteiger partial charge is 0.482 e. The average molecular weight is 300 g/mol. The molecule has 5 nitrogen and oxygen atoms in total. The van der Waals surface area contributed by atoms with Crippen LogP contribution in [0.5, 0.6) is 5.75 Å². The molecule has 0 saturated carbocycles. The van der Waals surface area contributed by atoms with E-state index in [0.717, 1.165) is 0 Å². The molecule has 1 amide bonds. The van der Waals surface area contributed by atoms with Gasteiger partial charge in [0.15, 0.2) is 6.61 Å². The summed E-state index contributed by atoms with van der Waals surface area (Å²) in [5.41, 5.74) is 0. The molecule has 1 aliphatic heterocycles. The number of rotatable bonds is 4. The number of hydrogen-bond acceptors (Lipinski definition) is 4. The second kappa shape index (κ2) is 6.92. The third-order valence-electron chi connectivity index (χ3n) is 3.07. The Bertz CT molecular complexity index is 468. The van der Waals surface area contributed by atoms with Crippen molar-refractivity contribution >= 4 is 17.5 Å². The predicted molar refractivity (Wildman–Crippen MR) is 74.9 cm³/mol. The summed E-state index contributed by atoms with van der Waals surface area (Å²) in [4.78, 5) is 13.8.